The minimum atomic E-state index is 0.767. The van der Waals surface area contributed by atoms with Gasteiger partial charge in [-0.3, -0.25) is 0 Å². The van der Waals surface area contributed by atoms with Gasteiger partial charge in [-0.2, -0.15) is 0 Å². The molecule has 1 aliphatic carbocycles. The second kappa shape index (κ2) is 5.28. The zero-order valence-electron chi connectivity index (χ0n) is 10.2. The van der Waals surface area contributed by atoms with Gasteiger partial charge >= 0.3 is 0 Å². The standard InChI is InChI=1S/C13H21N3/c1-10-7-14-13(15-8-10)16-9-12-6-4-3-5-11(12)2/h7-8,11-12H,3-6,9H2,1-2H3,(H,14,15,16). The van der Waals surface area contributed by atoms with E-state index in [-0.39, 0.29) is 0 Å². The lowest BCUT2D eigenvalue weighted by Gasteiger charge is -2.28. The Hall–Kier alpha value is -1.12. The molecule has 1 N–H and O–H groups in total. The fourth-order valence-corrected chi connectivity index (χ4v) is 2.40. The van der Waals surface area contributed by atoms with E-state index >= 15 is 0 Å². The molecule has 1 aromatic heterocycles. The maximum atomic E-state index is 4.27. The Morgan fingerprint density at radius 3 is 2.62 bits per heavy atom. The Labute approximate surface area is 97.7 Å². The summed E-state index contributed by atoms with van der Waals surface area (Å²) in [4.78, 5) is 8.53. The summed E-state index contributed by atoms with van der Waals surface area (Å²) in [5.74, 6) is 2.40. The van der Waals surface area contributed by atoms with Crippen molar-refractivity contribution in [1.29, 1.82) is 0 Å². The summed E-state index contributed by atoms with van der Waals surface area (Å²) in [6.45, 7) is 5.39. The lowest BCUT2D eigenvalue weighted by molar-refractivity contribution is 0.268. The number of rotatable bonds is 3. The molecule has 2 unspecified atom stereocenters. The third-order valence-electron chi connectivity index (χ3n) is 3.59. The van der Waals surface area contributed by atoms with Crippen LogP contribution < -0.4 is 5.32 Å². The molecule has 1 heterocycles. The molecule has 0 saturated heterocycles. The molecule has 0 radical (unpaired) electrons. The number of nitrogens with one attached hydrogen (secondary N) is 1. The number of anilines is 1. The molecule has 16 heavy (non-hydrogen) atoms. The van der Waals surface area contributed by atoms with Crippen LogP contribution in [0.1, 0.15) is 38.2 Å². The van der Waals surface area contributed by atoms with Crippen molar-refractivity contribution in [3.05, 3.63) is 18.0 Å². The average Bonchev–Trinajstić information content (AvgIpc) is 2.30. The van der Waals surface area contributed by atoms with Gasteiger partial charge in [-0.15, -0.1) is 0 Å². The van der Waals surface area contributed by atoms with E-state index in [9.17, 15) is 0 Å². The summed E-state index contributed by atoms with van der Waals surface area (Å²) in [6, 6.07) is 0. The Morgan fingerprint density at radius 1 is 1.25 bits per heavy atom. The van der Waals surface area contributed by atoms with Crippen LogP contribution in [0.4, 0.5) is 5.95 Å². The molecule has 1 aliphatic rings. The second-order valence-corrected chi connectivity index (χ2v) is 4.99. The second-order valence-electron chi connectivity index (χ2n) is 4.99. The molecule has 88 valence electrons. The van der Waals surface area contributed by atoms with Crippen LogP contribution in [0.25, 0.3) is 0 Å². The van der Waals surface area contributed by atoms with Gasteiger partial charge < -0.3 is 5.32 Å². The van der Waals surface area contributed by atoms with Crippen LogP contribution in [-0.4, -0.2) is 16.5 Å². The number of aryl methyl sites for hydroxylation is 1. The number of hydrogen-bond donors (Lipinski definition) is 1. The van der Waals surface area contributed by atoms with Crippen LogP contribution in [-0.2, 0) is 0 Å². The van der Waals surface area contributed by atoms with E-state index < -0.39 is 0 Å². The predicted octanol–water partition coefficient (Wildman–Crippen LogP) is 3.02. The van der Waals surface area contributed by atoms with Crippen LogP contribution >= 0.6 is 0 Å². The fraction of sp³-hybridized carbons (Fsp3) is 0.692. The van der Waals surface area contributed by atoms with Crippen LogP contribution in [0.15, 0.2) is 12.4 Å². The predicted molar refractivity (Wildman–Crippen MR) is 66.4 cm³/mol. The molecule has 0 amide bonds. The van der Waals surface area contributed by atoms with Crippen LogP contribution in [0.3, 0.4) is 0 Å². The SMILES string of the molecule is Cc1cnc(NCC2CCCCC2C)nc1. The van der Waals surface area contributed by atoms with E-state index in [0.29, 0.717) is 0 Å². The average molecular weight is 219 g/mol. The van der Waals surface area contributed by atoms with E-state index in [1.54, 1.807) is 0 Å². The highest BCUT2D eigenvalue weighted by atomic mass is 15.1. The highest BCUT2D eigenvalue weighted by Gasteiger charge is 2.20. The first-order valence-electron chi connectivity index (χ1n) is 6.28. The lowest BCUT2D eigenvalue weighted by Crippen LogP contribution is -2.24. The summed E-state index contributed by atoms with van der Waals surface area (Å²) in [7, 11) is 0. The van der Waals surface area contributed by atoms with Gasteiger partial charge in [-0.1, -0.05) is 26.2 Å². The first-order valence-corrected chi connectivity index (χ1v) is 6.28. The summed E-state index contributed by atoms with van der Waals surface area (Å²) in [5, 5.41) is 3.35. The summed E-state index contributed by atoms with van der Waals surface area (Å²) in [5.41, 5.74) is 1.11. The number of aromatic nitrogens is 2. The zero-order chi connectivity index (χ0) is 11.4. The number of hydrogen-bond acceptors (Lipinski definition) is 3. The molecule has 0 aliphatic heterocycles. The fourth-order valence-electron chi connectivity index (χ4n) is 2.40. The Balaban J connectivity index is 1.84. The maximum Gasteiger partial charge on any atom is 0.222 e. The molecule has 2 atom stereocenters. The topological polar surface area (TPSA) is 37.8 Å². The van der Waals surface area contributed by atoms with Gasteiger partial charge in [0.25, 0.3) is 0 Å². The van der Waals surface area contributed by atoms with E-state index in [1.165, 1.54) is 25.7 Å². The van der Waals surface area contributed by atoms with Crippen molar-refractivity contribution >= 4 is 5.95 Å². The smallest absolute Gasteiger partial charge is 0.222 e. The lowest BCUT2D eigenvalue weighted by atomic mass is 9.80. The first-order chi connectivity index (χ1) is 7.75. The Kier molecular flexibility index (Phi) is 3.75. The van der Waals surface area contributed by atoms with E-state index in [1.807, 2.05) is 19.3 Å². The molecule has 0 spiro atoms. The van der Waals surface area contributed by atoms with Gasteiger partial charge in [0.05, 0.1) is 0 Å². The quantitative estimate of drug-likeness (QED) is 0.849. The minimum absolute atomic E-state index is 0.767. The van der Waals surface area contributed by atoms with Crippen molar-refractivity contribution in [2.24, 2.45) is 11.8 Å². The van der Waals surface area contributed by atoms with Crippen molar-refractivity contribution < 1.29 is 0 Å². The van der Waals surface area contributed by atoms with Gasteiger partial charge in [-0.05, 0) is 30.7 Å². The van der Waals surface area contributed by atoms with Gasteiger partial charge in [0.15, 0.2) is 0 Å². The number of nitrogens with zero attached hydrogens (tertiary/aromatic N) is 2. The molecule has 0 bridgehead atoms. The highest BCUT2D eigenvalue weighted by molar-refractivity contribution is 5.24. The summed E-state index contributed by atoms with van der Waals surface area (Å²) < 4.78 is 0. The van der Waals surface area contributed by atoms with Gasteiger partial charge in [0.2, 0.25) is 5.95 Å². The highest BCUT2D eigenvalue weighted by Crippen LogP contribution is 2.29. The zero-order valence-corrected chi connectivity index (χ0v) is 10.2. The molecule has 2 rings (SSSR count). The van der Waals surface area contributed by atoms with Crippen molar-refractivity contribution in [1.82, 2.24) is 9.97 Å². The summed E-state index contributed by atoms with van der Waals surface area (Å²) in [6.07, 6.45) is 9.23. The normalized spacial score (nSPS) is 25.4. The Morgan fingerprint density at radius 2 is 1.94 bits per heavy atom. The van der Waals surface area contributed by atoms with E-state index in [2.05, 4.69) is 22.2 Å². The maximum absolute atomic E-state index is 4.27. The van der Waals surface area contributed by atoms with E-state index in [4.69, 9.17) is 0 Å². The third kappa shape index (κ3) is 2.94. The molecule has 3 nitrogen and oxygen atoms in total. The molecular weight excluding hydrogens is 198 g/mol. The van der Waals surface area contributed by atoms with Gasteiger partial charge in [-0.25, -0.2) is 9.97 Å². The van der Waals surface area contributed by atoms with Crippen molar-refractivity contribution in [2.45, 2.75) is 39.5 Å². The molecule has 1 saturated carbocycles. The van der Waals surface area contributed by atoms with Crippen molar-refractivity contribution in [3.8, 4) is 0 Å². The first kappa shape index (κ1) is 11.4. The van der Waals surface area contributed by atoms with Gasteiger partial charge in [0, 0.05) is 18.9 Å². The van der Waals surface area contributed by atoms with Crippen LogP contribution in [0.5, 0.6) is 0 Å². The molecule has 1 fully saturated rings. The van der Waals surface area contributed by atoms with Gasteiger partial charge in [0.1, 0.15) is 0 Å². The summed E-state index contributed by atoms with van der Waals surface area (Å²) >= 11 is 0. The third-order valence-corrected chi connectivity index (χ3v) is 3.59. The molecule has 3 heteroatoms. The van der Waals surface area contributed by atoms with Crippen molar-refractivity contribution in [3.63, 3.8) is 0 Å². The monoisotopic (exact) mass is 219 g/mol. The van der Waals surface area contributed by atoms with E-state index in [0.717, 1.165) is 29.9 Å². The largest absolute Gasteiger partial charge is 0.354 e. The van der Waals surface area contributed by atoms with Crippen LogP contribution in [0.2, 0.25) is 0 Å². The molecule has 1 aromatic rings. The molecular formula is C13H21N3. The Bertz CT molecular complexity index is 320. The minimum Gasteiger partial charge on any atom is -0.354 e. The molecule has 0 aromatic carbocycles. The van der Waals surface area contributed by atoms with Crippen LogP contribution in [0, 0.1) is 18.8 Å². The van der Waals surface area contributed by atoms with Crippen molar-refractivity contribution in [2.75, 3.05) is 11.9 Å².